The Morgan fingerprint density at radius 1 is 1.69 bits per heavy atom. The van der Waals surface area contributed by atoms with E-state index in [1.165, 1.54) is 0 Å². The highest BCUT2D eigenvalue weighted by Crippen LogP contribution is 1.90. The van der Waals surface area contributed by atoms with Gasteiger partial charge in [0.05, 0.1) is 0 Å². The highest BCUT2D eigenvalue weighted by atomic mass is 16.4. The van der Waals surface area contributed by atoms with E-state index in [2.05, 4.69) is 9.97 Å². The molecule has 0 aliphatic carbocycles. The lowest BCUT2D eigenvalue weighted by molar-refractivity contribution is 0.0694. The Labute approximate surface area is 73.4 Å². The zero-order chi connectivity index (χ0) is 9.84. The van der Waals surface area contributed by atoms with Gasteiger partial charge in [-0.15, -0.1) is 0 Å². The van der Waals surface area contributed by atoms with Gasteiger partial charge in [-0.25, -0.2) is 9.78 Å². The van der Waals surface area contributed by atoms with Crippen LogP contribution in [0.1, 0.15) is 16.2 Å². The Hall–Kier alpha value is -1.69. The van der Waals surface area contributed by atoms with Crippen molar-refractivity contribution in [3.05, 3.63) is 27.9 Å². The van der Waals surface area contributed by atoms with Crippen molar-refractivity contribution in [1.82, 2.24) is 9.97 Å². The van der Waals surface area contributed by atoms with E-state index in [4.69, 9.17) is 10.8 Å². The second kappa shape index (κ2) is 3.81. The molecule has 0 bridgehead atoms. The summed E-state index contributed by atoms with van der Waals surface area (Å²) in [6.45, 7) is 0.357. The minimum atomic E-state index is -1.28. The average Bonchev–Trinajstić information content (AvgIpc) is 2.04. The average molecular weight is 183 g/mol. The first-order chi connectivity index (χ1) is 6.15. The number of carboxylic acids is 1. The number of nitrogens with zero attached hydrogens (tertiary/aromatic N) is 1. The van der Waals surface area contributed by atoms with E-state index in [0.29, 0.717) is 18.8 Å². The first-order valence-corrected chi connectivity index (χ1v) is 3.66. The van der Waals surface area contributed by atoms with E-state index >= 15 is 0 Å². The number of rotatable bonds is 3. The molecule has 6 nitrogen and oxygen atoms in total. The van der Waals surface area contributed by atoms with Crippen LogP contribution in [0.15, 0.2) is 11.0 Å². The van der Waals surface area contributed by atoms with Gasteiger partial charge in [0.1, 0.15) is 11.4 Å². The molecule has 1 aromatic rings. The number of carbonyl (C=O) groups is 1. The van der Waals surface area contributed by atoms with E-state index in [1.807, 2.05) is 0 Å². The number of aromatic carboxylic acids is 1. The van der Waals surface area contributed by atoms with Crippen molar-refractivity contribution in [3.8, 4) is 0 Å². The second-order valence-corrected chi connectivity index (χ2v) is 2.42. The molecule has 0 aliphatic rings. The smallest absolute Gasteiger partial charge is 0.342 e. The number of carboxylic acid groups (broad SMARTS) is 1. The van der Waals surface area contributed by atoms with Gasteiger partial charge in [-0.1, -0.05) is 0 Å². The molecule has 1 rings (SSSR count). The molecular weight excluding hydrogens is 174 g/mol. The van der Waals surface area contributed by atoms with Gasteiger partial charge in [-0.2, -0.15) is 0 Å². The number of nitrogens with two attached hydrogens (primary N) is 1. The van der Waals surface area contributed by atoms with Gasteiger partial charge in [-0.05, 0) is 6.54 Å². The van der Waals surface area contributed by atoms with Crippen LogP contribution in [0.5, 0.6) is 0 Å². The van der Waals surface area contributed by atoms with Crippen LogP contribution in [-0.4, -0.2) is 27.6 Å². The third kappa shape index (κ3) is 2.12. The maximum atomic E-state index is 11.0. The Kier molecular flexibility index (Phi) is 2.76. The Morgan fingerprint density at radius 3 is 2.85 bits per heavy atom. The third-order valence-electron chi connectivity index (χ3n) is 1.46. The normalized spacial score (nSPS) is 9.92. The Balaban J connectivity index is 3.06. The molecule has 1 aromatic heterocycles. The quantitative estimate of drug-likeness (QED) is 0.555. The fraction of sp³-hybridized carbons (Fsp3) is 0.286. The van der Waals surface area contributed by atoms with E-state index in [0.717, 1.165) is 6.20 Å². The highest BCUT2D eigenvalue weighted by Gasteiger charge is 2.08. The van der Waals surface area contributed by atoms with Gasteiger partial charge in [0.2, 0.25) is 0 Å². The van der Waals surface area contributed by atoms with Crippen LogP contribution < -0.4 is 11.3 Å². The monoisotopic (exact) mass is 183 g/mol. The van der Waals surface area contributed by atoms with Crippen molar-refractivity contribution in [2.24, 2.45) is 5.73 Å². The van der Waals surface area contributed by atoms with Crippen molar-refractivity contribution >= 4 is 5.97 Å². The summed E-state index contributed by atoms with van der Waals surface area (Å²) in [5, 5.41) is 8.50. The summed E-state index contributed by atoms with van der Waals surface area (Å²) in [7, 11) is 0. The molecular formula is C7H9N3O3. The lowest BCUT2D eigenvalue weighted by Crippen LogP contribution is -2.21. The van der Waals surface area contributed by atoms with Crippen molar-refractivity contribution < 1.29 is 9.90 Å². The molecule has 0 atom stereocenters. The number of hydrogen-bond acceptors (Lipinski definition) is 4. The lowest BCUT2D eigenvalue weighted by atomic mass is 10.3. The molecule has 0 fully saturated rings. The number of aromatic nitrogens is 2. The van der Waals surface area contributed by atoms with Crippen LogP contribution >= 0.6 is 0 Å². The van der Waals surface area contributed by atoms with Crippen LogP contribution in [0.3, 0.4) is 0 Å². The maximum Gasteiger partial charge on any atom is 0.342 e. The largest absolute Gasteiger partial charge is 0.477 e. The van der Waals surface area contributed by atoms with E-state index in [9.17, 15) is 9.59 Å². The summed E-state index contributed by atoms with van der Waals surface area (Å²) in [5.41, 5.74) is 4.22. The lowest BCUT2D eigenvalue weighted by Gasteiger charge is -1.97. The van der Waals surface area contributed by atoms with Crippen LogP contribution in [0, 0.1) is 0 Å². The summed E-state index contributed by atoms with van der Waals surface area (Å²) in [5.74, 6) is -0.884. The molecule has 0 aromatic carbocycles. The fourth-order valence-electron chi connectivity index (χ4n) is 0.848. The number of nitrogens with one attached hydrogen (secondary N) is 1. The fourth-order valence-corrected chi connectivity index (χ4v) is 0.848. The molecule has 4 N–H and O–H groups in total. The van der Waals surface area contributed by atoms with Crippen LogP contribution in [0.4, 0.5) is 0 Å². The summed E-state index contributed by atoms with van der Waals surface area (Å²) in [6.07, 6.45) is 1.46. The number of hydrogen-bond donors (Lipinski definition) is 3. The SMILES string of the molecule is NCCc1ncc(C(=O)O)c(=O)[nH]1. The molecule has 13 heavy (non-hydrogen) atoms. The summed E-state index contributed by atoms with van der Waals surface area (Å²) >= 11 is 0. The minimum absolute atomic E-state index is 0.357. The van der Waals surface area contributed by atoms with Gasteiger partial charge in [0.15, 0.2) is 0 Å². The first-order valence-electron chi connectivity index (χ1n) is 3.66. The van der Waals surface area contributed by atoms with Crippen molar-refractivity contribution in [2.45, 2.75) is 6.42 Å². The molecule has 0 amide bonds. The van der Waals surface area contributed by atoms with Crippen LogP contribution in [0.2, 0.25) is 0 Å². The predicted molar refractivity (Wildman–Crippen MR) is 44.6 cm³/mol. The molecule has 0 aliphatic heterocycles. The van der Waals surface area contributed by atoms with Crippen LogP contribution in [0.25, 0.3) is 0 Å². The molecule has 70 valence electrons. The van der Waals surface area contributed by atoms with Gasteiger partial charge < -0.3 is 15.8 Å². The van der Waals surface area contributed by atoms with Crippen molar-refractivity contribution in [1.29, 1.82) is 0 Å². The highest BCUT2D eigenvalue weighted by molar-refractivity contribution is 5.86. The Morgan fingerprint density at radius 2 is 2.38 bits per heavy atom. The third-order valence-corrected chi connectivity index (χ3v) is 1.46. The molecule has 0 unspecified atom stereocenters. The molecule has 0 spiro atoms. The zero-order valence-corrected chi connectivity index (χ0v) is 6.78. The first kappa shape index (κ1) is 9.40. The summed E-state index contributed by atoms with van der Waals surface area (Å²) in [4.78, 5) is 27.5. The number of aromatic amines is 1. The minimum Gasteiger partial charge on any atom is -0.477 e. The topological polar surface area (TPSA) is 109 Å². The van der Waals surface area contributed by atoms with Crippen molar-refractivity contribution in [2.75, 3.05) is 6.54 Å². The molecule has 6 heteroatoms. The zero-order valence-electron chi connectivity index (χ0n) is 6.78. The standard InChI is InChI=1S/C7H9N3O3/c8-2-1-5-9-3-4(7(12)13)6(11)10-5/h3H,1-2,8H2,(H,12,13)(H,9,10,11). The van der Waals surface area contributed by atoms with Gasteiger partial charge in [0.25, 0.3) is 5.56 Å². The number of H-pyrrole nitrogens is 1. The van der Waals surface area contributed by atoms with E-state index in [-0.39, 0.29) is 5.56 Å². The van der Waals surface area contributed by atoms with Gasteiger partial charge in [0, 0.05) is 12.6 Å². The molecule has 1 heterocycles. The second-order valence-electron chi connectivity index (χ2n) is 2.42. The molecule has 0 radical (unpaired) electrons. The van der Waals surface area contributed by atoms with Crippen LogP contribution in [-0.2, 0) is 6.42 Å². The molecule has 0 saturated heterocycles. The maximum absolute atomic E-state index is 11.0. The Bertz CT molecular complexity index is 371. The summed E-state index contributed by atoms with van der Waals surface area (Å²) in [6, 6.07) is 0. The summed E-state index contributed by atoms with van der Waals surface area (Å²) < 4.78 is 0. The predicted octanol–water partition coefficient (Wildman–Crippen LogP) is -1.03. The van der Waals surface area contributed by atoms with Gasteiger partial charge >= 0.3 is 5.97 Å². The van der Waals surface area contributed by atoms with E-state index in [1.54, 1.807) is 0 Å². The van der Waals surface area contributed by atoms with E-state index < -0.39 is 11.5 Å². The van der Waals surface area contributed by atoms with Crippen molar-refractivity contribution in [3.63, 3.8) is 0 Å². The van der Waals surface area contributed by atoms with Gasteiger partial charge in [-0.3, -0.25) is 4.79 Å². The molecule has 0 saturated carbocycles.